The van der Waals surface area contributed by atoms with Crippen molar-refractivity contribution in [3.8, 4) is 5.75 Å². The Labute approximate surface area is 112 Å². The lowest BCUT2D eigenvalue weighted by Gasteiger charge is -2.12. The van der Waals surface area contributed by atoms with Crippen molar-refractivity contribution >= 4 is 11.6 Å². The van der Waals surface area contributed by atoms with E-state index in [1.807, 2.05) is 0 Å². The fraction of sp³-hybridized carbons (Fsp3) is 0.571. The zero-order valence-electron chi connectivity index (χ0n) is 10.4. The van der Waals surface area contributed by atoms with Crippen molar-refractivity contribution < 1.29 is 9.13 Å². The highest BCUT2D eigenvalue weighted by Gasteiger charge is 2.13. The van der Waals surface area contributed by atoms with Gasteiger partial charge in [-0.3, -0.25) is 0 Å². The van der Waals surface area contributed by atoms with Crippen LogP contribution in [-0.2, 0) is 0 Å². The average Bonchev–Trinajstić information content (AvgIpc) is 2.84. The first-order valence-electron chi connectivity index (χ1n) is 6.57. The third-order valence-corrected chi connectivity index (χ3v) is 3.50. The molecule has 100 valence electrons. The van der Waals surface area contributed by atoms with E-state index >= 15 is 0 Å². The van der Waals surface area contributed by atoms with Crippen LogP contribution in [0.5, 0.6) is 5.75 Å². The summed E-state index contributed by atoms with van der Waals surface area (Å²) < 4.78 is 18.8. The summed E-state index contributed by atoms with van der Waals surface area (Å²) in [5.41, 5.74) is 0. The predicted octanol–water partition coefficient (Wildman–Crippen LogP) is 3.78. The van der Waals surface area contributed by atoms with Crippen LogP contribution in [0.15, 0.2) is 18.2 Å². The summed E-state index contributed by atoms with van der Waals surface area (Å²) in [6.45, 7) is 1.46. The first-order chi connectivity index (χ1) is 8.75. The van der Waals surface area contributed by atoms with Crippen molar-refractivity contribution in [1.29, 1.82) is 0 Å². The van der Waals surface area contributed by atoms with Crippen LogP contribution in [-0.4, -0.2) is 19.2 Å². The molecule has 0 aliphatic heterocycles. The molecule has 0 heterocycles. The lowest BCUT2D eigenvalue weighted by molar-refractivity contribution is 0.290. The highest BCUT2D eigenvalue weighted by molar-refractivity contribution is 6.30. The van der Waals surface area contributed by atoms with Crippen LogP contribution < -0.4 is 10.1 Å². The number of hydrogen-bond acceptors (Lipinski definition) is 2. The summed E-state index contributed by atoms with van der Waals surface area (Å²) in [4.78, 5) is 0. The van der Waals surface area contributed by atoms with Gasteiger partial charge in [-0.05, 0) is 44.0 Å². The van der Waals surface area contributed by atoms with Gasteiger partial charge in [0.1, 0.15) is 0 Å². The SMILES string of the molecule is Fc1cc(Cl)ccc1OCCCNC1CCCC1. The molecular weight excluding hydrogens is 253 g/mol. The molecule has 0 aromatic heterocycles. The molecule has 1 aliphatic rings. The fourth-order valence-electron chi connectivity index (χ4n) is 2.28. The molecule has 0 amide bonds. The summed E-state index contributed by atoms with van der Waals surface area (Å²) in [5, 5.41) is 3.89. The number of halogens is 2. The van der Waals surface area contributed by atoms with E-state index in [9.17, 15) is 4.39 Å². The maximum Gasteiger partial charge on any atom is 0.166 e. The zero-order valence-corrected chi connectivity index (χ0v) is 11.2. The molecule has 0 unspecified atom stereocenters. The Morgan fingerprint density at radius 2 is 2.11 bits per heavy atom. The lowest BCUT2D eigenvalue weighted by atomic mass is 10.2. The number of rotatable bonds is 6. The Balaban J connectivity index is 1.62. The molecule has 1 N–H and O–H groups in total. The average molecular weight is 272 g/mol. The minimum absolute atomic E-state index is 0.278. The fourth-order valence-corrected chi connectivity index (χ4v) is 2.44. The molecule has 0 atom stereocenters. The highest BCUT2D eigenvalue weighted by atomic mass is 35.5. The van der Waals surface area contributed by atoms with E-state index in [1.54, 1.807) is 12.1 Å². The molecule has 18 heavy (non-hydrogen) atoms. The molecule has 0 saturated heterocycles. The zero-order chi connectivity index (χ0) is 12.8. The van der Waals surface area contributed by atoms with Gasteiger partial charge in [0.15, 0.2) is 11.6 Å². The first kappa shape index (κ1) is 13.6. The summed E-state index contributed by atoms with van der Waals surface area (Å²) in [5.74, 6) is -0.119. The van der Waals surface area contributed by atoms with Gasteiger partial charge in [-0.25, -0.2) is 4.39 Å². The molecule has 1 fully saturated rings. The van der Waals surface area contributed by atoms with Gasteiger partial charge in [0.25, 0.3) is 0 Å². The van der Waals surface area contributed by atoms with Crippen molar-refractivity contribution in [2.45, 2.75) is 38.1 Å². The van der Waals surface area contributed by atoms with Crippen LogP contribution in [0.1, 0.15) is 32.1 Å². The predicted molar refractivity (Wildman–Crippen MR) is 71.8 cm³/mol. The summed E-state index contributed by atoms with van der Waals surface area (Å²) in [7, 11) is 0. The standard InChI is InChI=1S/C14H19ClFNO/c15-11-6-7-14(13(16)10-11)18-9-3-8-17-12-4-1-2-5-12/h6-7,10,12,17H,1-5,8-9H2. The van der Waals surface area contributed by atoms with Gasteiger partial charge in [-0.15, -0.1) is 0 Å². The van der Waals surface area contributed by atoms with Gasteiger partial charge in [0, 0.05) is 11.1 Å². The second-order valence-corrected chi connectivity index (χ2v) is 5.15. The molecule has 0 spiro atoms. The molecule has 1 aromatic rings. The molecule has 1 aromatic carbocycles. The van der Waals surface area contributed by atoms with E-state index in [4.69, 9.17) is 16.3 Å². The van der Waals surface area contributed by atoms with Gasteiger partial charge in [0.2, 0.25) is 0 Å². The second kappa shape index (κ2) is 6.95. The van der Waals surface area contributed by atoms with Crippen LogP contribution in [0.25, 0.3) is 0 Å². The van der Waals surface area contributed by atoms with Gasteiger partial charge in [-0.1, -0.05) is 24.4 Å². The minimum Gasteiger partial charge on any atom is -0.490 e. The van der Waals surface area contributed by atoms with Crippen LogP contribution in [0, 0.1) is 5.82 Å². The normalized spacial score (nSPS) is 16.1. The first-order valence-corrected chi connectivity index (χ1v) is 6.95. The largest absolute Gasteiger partial charge is 0.490 e. The topological polar surface area (TPSA) is 21.3 Å². The van der Waals surface area contributed by atoms with Crippen molar-refractivity contribution in [3.05, 3.63) is 29.0 Å². The van der Waals surface area contributed by atoms with Crippen molar-refractivity contribution in [2.75, 3.05) is 13.2 Å². The molecule has 0 radical (unpaired) electrons. The van der Waals surface area contributed by atoms with Crippen LogP contribution >= 0.6 is 11.6 Å². The van der Waals surface area contributed by atoms with E-state index in [0.717, 1.165) is 13.0 Å². The number of hydrogen-bond donors (Lipinski definition) is 1. The Bertz CT molecular complexity index is 380. The maximum absolute atomic E-state index is 13.4. The molecule has 1 saturated carbocycles. The van der Waals surface area contributed by atoms with E-state index in [0.29, 0.717) is 17.7 Å². The minimum atomic E-state index is -0.397. The Morgan fingerprint density at radius 3 is 2.83 bits per heavy atom. The monoisotopic (exact) mass is 271 g/mol. The second-order valence-electron chi connectivity index (χ2n) is 4.71. The molecule has 0 bridgehead atoms. The molecule has 4 heteroatoms. The van der Waals surface area contributed by atoms with Gasteiger partial charge in [0.05, 0.1) is 6.61 Å². The summed E-state index contributed by atoms with van der Waals surface area (Å²) >= 11 is 5.67. The van der Waals surface area contributed by atoms with Crippen molar-refractivity contribution in [2.24, 2.45) is 0 Å². The van der Waals surface area contributed by atoms with Gasteiger partial charge < -0.3 is 10.1 Å². The van der Waals surface area contributed by atoms with Crippen LogP contribution in [0.4, 0.5) is 4.39 Å². The van der Waals surface area contributed by atoms with Crippen LogP contribution in [0.2, 0.25) is 5.02 Å². The number of nitrogens with one attached hydrogen (secondary N) is 1. The summed E-state index contributed by atoms with van der Waals surface area (Å²) in [6.07, 6.45) is 6.13. The van der Waals surface area contributed by atoms with E-state index in [2.05, 4.69) is 5.32 Å². The quantitative estimate of drug-likeness (QED) is 0.795. The van der Waals surface area contributed by atoms with E-state index < -0.39 is 5.82 Å². The Morgan fingerprint density at radius 1 is 1.33 bits per heavy atom. The molecule has 2 rings (SSSR count). The smallest absolute Gasteiger partial charge is 0.166 e. The molecule has 1 aliphatic carbocycles. The Hall–Kier alpha value is -0.800. The molecule has 2 nitrogen and oxygen atoms in total. The summed E-state index contributed by atoms with van der Waals surface area (Å²) in [6, 6.07) is 5.16. The number of ether oxygens (including phenoxy) is 1. The molecular formula is C14H19ClFNO. The van der Waals surface area contributed by atoms with Gasteiger partial charge >= 0.3 is 0 Å². The van der Waals surface area contributed by atoms with Gasteiger partial charge in [-0.2, -0.15) is 0 Å². The maximum atomic E-state index is 13.4. The van der Waals surface area contributed by atoms with E-state index in [-0.39, 0.29) is 5.75 Å². The number of benzene rings is 1. The van der Waals surface area contributed by atoms with Crippen molar-refractivity contribution in [1.82, 2.24) is 5.32 Å². The lowest BCUT2D eigenvalue weighted by Crippen LogP contribution is -2.27. The third-order valence-electron chi connectivity index (χ3n) is 3.26. The Kier molecular flexibility index (Phi) is 5.26. The third kappa shape index (κ3) is 4.14. The highest BCUT2D eigenvalue weighted by Crippen LogP contribution is 2.21. The van der Waals surface area contributed by atoms with Crippen LogP contribution in [0.3, 0.4) is 0 Å². The van der Waals surface area contributed by atoms with E-state index in [1.165, 1.54) is 31.7 Å². The van der Waals surface area contributed by atoms with Crippen molar-refractivity contribution in [3.63, 3.8) is 0 Å².